The monoisotopic (exact) mass is 1550 g/mol. The number of carbonyl (C=O) groups is 4. The molecule has 0 spiro atoms. The molecule has 14 rings (SSSR count). The first-order valence-corrected chi connectivity index (χ1v) is 42.2. The van der Waals surface area contributed by atoms with E-state index in [0.29, 0.717) is 84.4 Å². The number of hydrogen-bond donors (Lipinski definition) is 0. The number of fused-ring (bicyclic) bond motifs is 4. The van der Waals surface area contributed by atoms with Gasteiger partial charge in [-0.1, -0.05) is 55.0 Å². The molecule has 4 amide bonds. The van der Waals surface area contributed by atoms with E-state index >= 15 is 0 Å². The van der Waals surface area contributed by atoms with Crippen molar-refractivity contribution in [2.75, 3.05) is 118 Å². The highest BCUT2D eigenvalue weighted by Crippen LogP contribution is 2.21. The summed E-state index contributed by atoms with van der Waals surface area (Å²) >= 11 is 5.90. The molecule has 6 aliphatic rings. The van der Waals surface area contributed by atoms with E-state index in [1.165, 1.54) is 25.7 Å². The van der Waals surface area contributed by atoms with Crippen LogP contribution in [0.1, 0.15) is 165 Å². The molecule has 8 aromatic heterocycles. The highest BCUT2D eigenvalue weighted by molar-refractivity contribution is 6.16. The number of pyridine rings is 8. The third kappa shape index (κ3) is 28.9. The molecule has 8 aromatic rings. The molecule has 4 saturated heterocycles. The molecule has 14 heterocycles. The van der Waals surface area contributed by atoms with Gasteiger partial charge in [0.25, 0.3) is 0 Å². The number of piperidine rings is 4. The Morgan fingerprint density at radius 1 is 0.265 bits per heavy atom. The molecule has 0 radical (unpaired) electrons. The lowest BCUT2D eigenvalue weighted by Gasteiger charge is -2.33. The zero-order valence-electron chi connectivity index (χ0n) is 66.5. The second-order valence-corrected chi connectivity index (χ2v) is 31.4. The van der Waals surface area contributed by atoms with E-state index in [0.717, 1.165) is 250 Å². The van der Waals surface area contributed by atoms with Crippen LogP contribution >= 0.6 is 11.6 Å². The standard InChI is InChI=1S/C44H58N10O2.C26H41N5O2.C19H19ClN4/c55-43(53-21-7-1-8-22-53)35-50-27-25-49(26-28-51(33-41-17-12-16-40(32-50)48-41)36-44(56)54-23-9-2-10-24-54)31-39-15-11-18-42(47-39)34-52(29-37-13-3-5-19-45-37)30-38-14-4-6-20-46-38;32-25(30-15-6-2-7-16-30)21-28-13-4-1-5-14-29(20-24-12-10-11-23(19-28)27-24)22-26(33)31-17-8-3-9-18-31;20-12-16-8-5-9-19(23-16)15-24(13-17-6-1-3-10-21-17)14-18-7-2-4-11-22-18/h3-6,11-20H,1-2,7-10,21-36H2;10-12H,1-9,13-22H2;1-11H,12-15H2. The van der Waals surface area contributed by atoms with Gasteiger partial charge in [0.1, 0.15) is 0 Å². The number of rotatable bonds is 23. The van der Waals surface area contributed by atoms with Crippen LogP contribution in [0.2, 0.25) is 0 Å². The molecule has 600 valence electrons. The Labute approximate surface area is 675 Å². The second-order valence-electron chi connectivity index (χ2n) is 31.1. The predicted octanol–water partition coefficient (Wildman–Crippen LogP) is 11.3. The van der Waals surface area contributed by atoms with E-state index in [9.17, 15) is 19.2 Å². The van der Waals surface area contributed by atoms with E-state index in [1.54, 1.807) is 0 Å². The Morgan fingerprint density at radius 3 is 0.832 bits per heavy atom. The Morgan fingerprint density at radius 2 is 0.522 bits per heavy atom. The first-order valence-electron chi connectivity index (χ1n) is 41.7. The van der Waals surface area contributed by atoms with Gasteiger partial charge in [0.15, 0.2) is 0 Å². The summed E-state index contributed by atoms with van der Waals surface area (Å²) in [5.74, 6) is 1.36. The smallest absolute Gasteiger partial charge is 0.236 e. The van der Waals surface area contributed by atoms with Crippen molar-refractivity contribution in [2.45, 2.75) is 174 Å². The van der Waals surface area contributed by atoms with Crippen LogP contribution in [0, 0.1) is 0 Å². The van der Waals surface area contributed by atoms with Crippen molar-refractivity contribution < 1.29 is 19.2 Å². The maximum Gasteiger partial charge on any atom is 0.236 e. The fourth-order valence-electron chi connectivity index (χ4n) is 15.9. The van der Waals surface area contributed by atoms with Crippen LogP contribution < -0.4 is 0 Å². The van der Waals surface area contributed by atoms with Crippen LogP contribution in [-0.2, 0) is 97.1 Å². The molecule has 4 bridgehead atoms. The molecule has 0 N–H and O–H groups in total. The molecular formula is C89H118ClN19O4. The predicted molar refractivity (Wildman–Crippen MR) is 441 cm³/mol. The Balaban J connectivity index is 0.000000175. The normalized spacial score (nSPS) is 17.6. The van der Waals surface area contributed by atoms with E-state index in [1.807, 2.05) is 123 Å². The van der Waals surface area contributed by atoms with Crippen molar-refractivity contribution in [1.29, 1.82) is 0 Å². The lowest BCUT2D eigenvalue weighted by molar-refractivity contribution is -0.134. The topological polar surface area (TPSA) is 207 Å². The molecule has 0 aliphatic carbocycles. The Kier molecular flexibility index (Phi) is 33.9. The summed E-state index contributed by atoms with van der Waals surface area (Å²) in [6.07, 6.45) is 24.3. The van der Waals surface area contributed by atoms with Crippen molar-refractivity contribution in [1.82, 2.24) is 93.8 Å². The first-order chi connectivity index (χ1) is 55.5. The van der Waals surface area contributed by atoms with Gasteiger partial charge in [-0.3, -0.25) is 93.3 Å². The molecule has 6 aliphatic heterocycles. The number of nitrogens with zero attached hydrogens (tertiary/aromatic N) is 19. The lowest BCUT2D eigenvalue weighted by atomic mass is 10.1. The van der Waals surface area contributed by atoms with Crippen molar-refractivity contribution >= 4 is 35.2 Å². The van der Waals surface area contributed by atoms with Gasteiger partial charge < -0.3 is 19.6 Å². The maximum atomic E-state index is 13.6. The van der Waals surface area contributed by atoms with Gasteiger partial charge in [-0.2, -0.15) is 0 Å². The number of aromatic nitrogens is 8. The molecule has 0 atom stereocenters. The summed E-state index contributed by atoms with van der Waals surface area (Å²) in [4.78, 5) is 115. The number of halogens is 1. The molecule has 0 unspecified atom stereocenters. The average Bonchev–Trinajstić information content (AvgIpc) is 0.860. The van der Waals surface area contributed by atoms with Crippen LogP contribution in [0.5, 0.6) is 0 Å². The van der Waals surface area contributed by atoms with Crippen molar-refractivity contribution in [2.24, 2.45) is 0 Å². The van der Waals surface area contributed by atoms with E-state index in [2.05, 4.69) is 126 Å². The second kappa shape index (κ2) is 45.8. The fourth-order valence-corrected chi connectivity index (χ4v) is 16.1. The Bertz CT molecular complexity index is 3930. The number of likely N-dealkylation sites (tertiary alicyclic amines) is 4. The summed E-state index contributed by atoms with van der Waals surface area (Å²) < 4.78 is 0. The third-order valence-corrected chi connectivity index (χ3v) is 22.2. The quantitative estimate of drug-likeness (QED) is 0.0546. The minimum atomic E-state index is 0.206. The van der Waals surface area contributed by atoms with E-state index in [4.69, 9.17) is 26.6 Å². The molecule has 0 aromatic carbocycles. The van der Waals surface area contributed by atoms with Gasteiger partial charge in [0, 0.05) is 175 Å². The molecule has 4 fully saturated rings. The number of alkyl halides is 1. The highest BCUT2D eigenvalue weighted by Gasteiger charge is 2.27. The van der Waals surface area contributed by atoms with Crippen LogP contribution in [0.25, 0.3) is 0 Å². The van der Waals surface area contributed by atoms with Gasteiger partial charge in [-0.25, -0.2) is 0 Å². The Hall–Kier alpha value is -8.91. The minimum absolute atomic E-state index is 0.206. The largest absolute Gasteiger partial charge is 0.342 e. The summed E-state index contributed by atoms with van der Waals surface area (Å²) in [6.45, 7) is 21.1. The molecule has 24 heteroatoms. The number of hydrogen-bond acceptors (Lipinski definition) is 19. The van der Waals surface area contributed by atoms with E-state index in [-0.39, 0.29) is 23.6 Å². The van der Waals surface area contributed by atoms with Crippen molar-refractivity contribution in [3.63, 3.8) is 0 Å². The van der Waals surface area contributed by atoms with Crippen LogP contribution in [-0.4, -0.2) is 235 Å². The SMILES string of the molecule is ClCc1cccc(CN(Cc2ccccn2)Cc2ccccn2)n1.O=C(CN1CCCCCN(CC(=O)N2CCCCC2)Cc2cccc(n2)C1)N1CCCCC1.O=C(CN1CCN(Cc2cccc(CN(Cc3ccccn3)Cc3ccccn3)n2)CCN(CC(=O)N2CCCCC2)Cc2cccc(n2)C1)N1CCCCC1. The minimum Gasteiger partial charge on any atom is -0.342 e. The van der Waals surface area contributed by atoms with Crippen molar-refractivity contribution in [3.05, 3.63) is 239 Å². The number of amides is 4. The molecule has 113 heavy (non-hydrogen) atoms. The van der Waals surface area contributed by atoms with Crippen LogP contribution in [0.15, 0.2) is 170 Å². The van der Waals surface area contributed by atoms with Crippen LogP contribution in [0.3, 0.4) is 0 Å². The maximum absolute atomic E-state index is 13.6. The van der Waals surface area contributed by atoms with Gasteiger partial charge >= 0.3 is 0 Å². The van der Waals surface area contributed by atoms with Gasteiger partial charge in [0.05, 0.1) is 100 Å². The average molecular weight is 1550 g/mol. The zero-order chi connectivity index (χ0) is 77.9. The summed E-state index contributed by atoms with van der Waals surface area (Å²) in [5.41, 5.74) is 11.9. The molecule has 23 nitrogen and oxygen atoms in total. The van der Waals surface area contributed by atoms with Gasteiger partial charge in [-0.15, -0.1) is 11.6 Å². The van der Waals surface area contributed by atoms with Crippen LogP contribution in [0.4, 0.5) is 0 Å². The summed E-state index contributed by atoms with van der Waals surface area (Å²) in [7, 11) is 0. The highest BCUT2D eigenvalue weighted by atomic mass is 35.5. The molecular weight excluding hydrogens is 1430 g/mol. The van der Waals surface area contributed by atoms with E-state index < -0.39 is 0 Å². The number of carbonyl (C=O) groups excluding carboxylic acids is 4. The van der Waals surface area contributed by atoms with Gasteiger partial charge in [-0.05, 0) is 200 Å². The summed E-state index contributed by atoms with van der Waals surface area (Å²) in [6, 6.07) is 48.7. The van der Waals surface area contributed by atoms with Crippen molar-refractivity contribution in [3.8, 4) is 0 Å². The molecule has 0 saturated carbocycles. The fraction of sp³-hybridized carbons (Fsp3) is 0.506. The van der Waals surface area contributed by atoms with Gasteiger partial charge in [0.2, 0.25) is 23.6 Å². The first kappa shape index (κ1) is 83.5. The summed E-state index contributed by atoms with van der Waals surface area (Å²) in [5, 5.41) is 0. The third-order valence-electron chi connectivity index (χ3n) is 21.9. The lowest BCUT2D eigenvalue weighted by Crippen LogP contribution is -2.47. The zero-order valence-corrected chi connectivity index (χ0v) is 67.2.